The molecule has 5 heteroatoms. The van der Waals surface area contributed by atoms with Crippen molar-refractivity contribution in [3.63, 3.8) is 0 Å². The van der Waals surface area contributed by atoms with Crippen LogP contribution in [0.4, 0.5) is 5.69 Å². The highest BCUT2D eigenvalue weighted by Gasteiger charge is 2.05. The minimum atomic E-state index is -1.14. The molecule has 0 amide bonds. The molecule has 0 atom stereocenters. The number of rotatable bonds is 5. The van der Waals surface area contributed by atoms with Crippen molar-refractivity contribution < 1.29 is 4.43 Å². The molecule has 1 aromatic heterocycles. The highest BCUT2D eigenvalue weighted by molar-refractivity contribution is 6.49. The molecular formula is C15H19N3OSi. The van der Waals surface area contributed by atoms with Gasteiger partial charge in [0.15, 0.2) is 0 Å². The van der Waals surface area contributed by atoms with E-state index in [1.165, 1.54) is 5.56 Å². The van der Waals surface area contributed by atoms with Crippen molar-refractivity contribution in [2.24, 2.45) is 4.99 Å². The van der Waals surface area contributed by atoms with Crippen molar-refractivity contribution >= 4 is 20.9 Å². The zero-order valence-corrected chi connectivity index (χ0v) is 13.2. The van der Waals surface area contributed by atoms with Crippen LogP contribution in [0.3, 0.4) is 0 Å². The minimum Gasteiger partial charge on any atom is -0.546 e. The van der Waals surface area contributed by atoms with Crippen LogP contribution in [-0.2, 0) is 6.42 Å². The molecule has 2 aromatic rings. The van der Waals surface area contributed by atoms with Crippen molar-refractivity contribution in [3.05, 3.63) is 48.0 Å². The maximum Gasteiger partial charge on any atom is 0.229 e. The molecule has 0 bridgehead atoms. The van der Waals surface area contributed by atoms with Gasteiger partial charge in [0, 0.05) is 31.2 Å². The lowest BCUT2D eigenvalue weighted by Crippen LogP contribution is -2.11. The second kappa shape index (κ2) is 6.95. The van der Waals surface area contributed by atoms with Gasteiger partial charge in [-0.1, -0.05) is 6.07 Å². The average Bonchev–Trinajstić information content (AvgIpc) is 2.42. The van der Waals surface area contributed by atoms with Crippen LogP contribution in [0.25, 0.3) is 0 Å². The third-order valence-corrected chi connectivity index (χ3v) is 3.35. The first-order valence-electron chi connectivity index (χ1n) is 6.70. The molecule has 0 aliphatic carbocycles. The fourth-order valence-corrected chi connectivity index (χ4v) is 2.45. The second-order valence-electron chi connectivity index (χ2n) is 4.85. The van der Waals surface area contributed by atoms with E-state index >= 15 is 0 Å². The largest absolute Gasteiger partial charge is 0.546 e. The first-order chi connectivity index (χ1) is 9.65. The fourth-order valence-electron chi connectivity index (χ4n) is 1.75. The molecule has 4 nitrogen and oxygen atoms in total. The molecular weight excluding hydrogens is 266 g/mol. The van der Waals surface area contributed by atoms with E-state index in [9.17, 15) is 0 Å². The molecule has 0 radical (unpaired) electrons. The zero-order valence-electron chi connectivity index (χ0n) is 12.1. The Morgan fingerprint density at radius 3 is 2.85 bits per heavy atom. The first-order valence-corrected chi connectivity index (χ1v) is 9.48. The van der Waals surface area contributed by atoms with Gasteiger partial charge in [0.25, 0.3) is 0 Å². The Labute approximate surface area is 121 Å². The SMILES string of the molecule is Cc1ccc(N=CCc2cnccn2)c(O[SiH](C)C)c1. The van der Waals surface area contributed by atoms with Crippen LogP contribution in [0.5, 0.6) is 5.75 Å². The summed E-state index contributed by atoms with van der Waals surface area (Å²) < 4.78 is 5.93. The number of aliphatic imine (C=N–C) groups is 1. The fraction of sp³-hybridized carbons (Fsp3) is 0.267. The summed E-state index contributed by atoms with van der Waals surface area (Å²) in [6, 6.07) is 6.08. The second-order valence-corrected chi connectivity index (χ2v) is 7.18. The quantitative estimate of drug-likeness (QED) is 0.626. The smallest absolute Gasteiger partial charge is 0.229 e. The van der Waals surface area contributed by atoms with Crippen LogP contribution >= 0.6 is 0 Å². The molecule has 1 aromatic carbocycles. The van der Waals surface area contributed by atoms with E-state index in [-0.39, 0.29) is 0 Å². The molecule has 104 valence electrons. The van der Waals surface area contributed by atoms with Gasteiger partial charge in [-0.2, -0.15) is 0 Å². The van der Waals surface area contributed by atoms with Gasteiger partial charge in [0.2, 0.25) is 9.04 Å². The molecule has 0 saturated heterocycles. The van der Waals surface area contributed by atoms with Gasteiger partial charge in [-0.05, 0) is 37.7 Å². The van der Waals surface area contributed by atoms with Gasteiger partial charge < -0.3 is 4.43 Å². The van der Waals surface area contributed by atoms with Gasteiger partial charge in [-0.15, -0.1) is 0 Å². The van der Waals surface area contributed by atoms with E-state index < -0.39 is 9.04 Å². The van der Waals surface area contributed by atoms with Crippen LogP contribution in [0, 0.1) is 6.92 Å². The number of aryl methyl sites for hydroxylation is 1. The lowest BCUT2D eigenvalue weighted by molar-refractivity contribution is 0.581. The van der Waals surface area contributed by atoms with Crippen LogP contribution < -0.4 is 4.43 Å². The summed E-state index contributed by atoms with van der Waals surface area (Å²) in [6.07, 6.45) is 7.62. The highest BCUT2D eigenvalue weighted by Crippen LogP contribution is 2.28. The summed E-state index contributed by atoms with van der Waals surface area (Å²) in [7, 11) is -1.14. The van der Waals surface area contributed by atoms with Crippen LogP contribution in [0.15, 0.2) is 41.8 Å². The Hall–Kier alpha value is -2.01. The van der Waals surface area contributed by atoms with Gasteiger partial charge in [-0.3, -0.25) is 15.0 Å². The Balaban J connectivity index is 2.12. The van der Waals surface area contributed by atoms with Crippen LogP contribution in [0.1, 0.15) is 11.3 Å². The lowest BCUT2D eigenvalue weighted by Gasteiger charge is -2.12. The molecule has 0 saturated carbocycles. The van der Waals surface area contributed by atoms with E-state index in [1.807, 2.05) is 24.4 Å². The molecule has 0 N–H and O–H groups in total. The minimum absolute atomic E-state index is 0.667. The van der Waals surface area contributed by atoms with E-state index in [1.54, 1.807) is 18.6 Å². The third-order valence-electron chi connectivity index (χ3n) is 2.63. The average molecular weight is 285 g/mol. The van der Waals surface area contributed by atoms with Crippen LogP contribution in [0.2, 0.25) is 13.1 Å². The number of benzene rings is 1. The van der Waals surface area contributed by atoms with Crippen LogP contribution in [-0.4, -0.2) is 25.2 Å². The topological polar surface area (TPSA) is 47.4 Å². The Bertz CT molecular complexity index is 585. The predicted octanol–water partition coefficient (Wildman–Crippen LogP) is 3.09. The number of hydrogen-bond acceptors (Lipinski definition) is 4. The van der Waals surface area contributed by atoms with Gasteiger partial charge in [0.1, 0.15) is 11.4 Å². The maximum atomic E-state index is 5.93. The molecule has 1 heterocycles. The Morgan fingerprint density at radius 1 is 1.30 bits per heavy atom. The lowest BCUT2D eigenvalue weighted by atomic mass is 10.2. The number of aromatic nitrogens is 2. The van der Waals surface area contributed by atoms with E-state index in [2.05, 4.69) is 35.0 Å². The molecule has 0 spiro atoms. The van der Waals surface area contributed by atoms with Crippen molar-refractivity contribution in [2.45, 2.75) is 26.4 Å². The Morgan fingerprint density at radius 2 is 2.15 bits per heavy atom. The summed E-state index contributed by atoms with van der Waals surface area (Å²) in [5.74, 6) is 0.877. The summed E-state index contributed by atoms with van der Waals surface area (Å²) in [6.45, 7) is 6.35. The summed E-state index contributed by atoms with van der Waals surface area (Å²) in [5.41, 5.74) is 2.97. The summed E-state index contributed by atoms with van der Waals surface area (Å²) in [4.78, 5) is 12.8. The molecule has 0 aliphatic rings. The first kappa shape index (κ1) is 14.4. The van der Waals surface area contributed by atoms with Crippen molar-refractivity contribution in [3.8, 4) is 5.75 Å². The zero-order chi connectivity index (χ0) is 14.4. The normalized spacial score (nSPS) is 11.2. The maximum absolute atomic E-state index is 5.93. The van der Waals surface area contributed by atoms with Crippen molar-refractivity contribution in [2.75, 3.05) is 0 Å². The van der Waals surface area contributed by atoms with E-state index in [4.69, 9.17) is 4.43 Å². The highest BCUT2D eigenvalue weighted by atomic mass is 28.3. The molecule has 0 fully saturated rings. The van der Waals surface area contributed by atoms with Crippen molar-refractivity contribution in [1.29, 1.82) is 0 Å². The van der Waals surface area contributed by atoms with Gasteiger partial charge >= 0.3 is 0 Å². The Kier molecular flexibility index (Phi) is 5.01. The van der Waals surface area contributed by atoms with E-state index in [0.717, 1.165) is 17.1 Å². The van der Waals surface area contributed by atoms with Gasteiger partial charge in [0.05, 0.1) is 5.69 Å². The standard InChI is InChI=1S/C15H19N3OSi/c1-12-4-5-14(15(10-12)19-20(2)3)18-7-6-13-11-16-8-9-17-13/h4-5,7-11,20H,6H2,1-3H3. The summed E-state index contributed by atoms with van der Waals surface area (Å²) >= 11 is 0. The van der Waals surface area contributed by atoms with E-state index in [0.29, 0.717) is 6.42 Å². The predicted molar refractivity (Wildman–Crippen MR) is 84.6 cm³/mol. The third kappa shape index (κ3) is 4.27. The molecule has 20 heavy (non-hydrogen) atoms. The molecule has 0 aliphatic heterocycles. The number of hydrogen-bond donors (Lipinski definition) is 0. The molecule has 0 unspecified atom stereocenters. The monoisotopic (exact) mass is 285 g/mol. The van der Waals surface area contributed by atoms with Crippen molar-refractivity contribution in [1.82, 2.24) is 9.97 Å². The summed E-state index contributed by atoms with van der Waals surface area (Å²) in [5, 5.41) is 0. The number of nitrogens with zero attached hydrogens (tertiary/aromatic N) is 3. The van der Waals surface area contributed by atoms with Gasteiger partial charge in [-0.25, -0.2) is 0 Å². The molecule has 2 rings (SSSR count).